The van der Waals surface area contributed by atoms with Crippen molar-refractivity contribution in [1.82, 2.24) is 15.2 Å². The van der Waals surface area contributed by atoms with E-state index < -0.39 is 0 Å². The van der Waals surface area contributed by atoms with Gasteiger partial charge >= 0.3 is 6.03 Å². The Kier molecular flexibility index (Phi) is 5.89. The highest BCUT2D eigenvalue weighted by molar-refractivity contribution is 6.30. The van der Waals surface area contributed by atoms with Crippen molar-refractivity contribution in [3.8, 4) is 0 Å². The molecule has 1 aliphatic heterocycles. The predicted octanol–water partition coefficient (Wildman–Crippen LogP) is 2.86. The van der Waals surface area contributed by atoms with Gasteiger partial charge in [0.2, 0.25) is 0 Å². The number of carbonyl (C=O) groups excluding carboxylic acids is 1. The van der Waals surface area contributed by atoms with Crippen LogP contribution in [0.5, 0.6) is 0 Å². The van der Waals surface area contributed by atoms with E-state index in [9.17, 15) is 4.79 Å². The number of nitrogens with zero attached hydrogens (tertiary/aromatic N) is 3. The Morgan fingerprint density at radius 1 is 1.27 bits per heavy atom. The number of hydrogen-bond acceptors (Lipinski definition) is 3. The second-order valence-corrected chi connectivity index (χ2v) is 6.65. The summed E-state index contributed by atoms with van der Waals surface area (Å²) in [7, 11) is 0. The Balaban J connectivity index is 1.79. The number of piperazine rings is 1. The van der Waals surface area contributed by atoms with Gasteiger partial charge in [0.25, 0.3) is 0 Å². The fourth-order valence-electron chi connectivity index (χ4n) is 2.29. The second-order valence-electron chi connectivity index (χ2n) is 6.22. The standard InChI is InChI=1S/C16H25ClN4O/c1-12(2)13(3)10-19-16(22)21-8-6-20(7-9-21)15-5-4-14(17)11-18-15/h4-5,11-13H,6-10H2,1-3H3,(H,19,22)/t13-/m0/s1. The third-order valence-corrected chi connectivity index (χ3v) is 4.54. The van der Waals surface area contributed by atoms with E-state index in [1.165, 1.54) is 0 Å². The highest BCUT2D eigenvalue weighted by Crippen LogP contribution is 2.16. The Labute approximate surface area is 137 Å². The number of carbonyl (C=O) groups is 1. The second kappa shape index (κ2) is 7.68. The summed E-state index contributed by atoms with van der Waals surface area (Å²) in [6.07, 6.45) is 1.66. The van der Waals surface area contributed by atoms with Crippen LogP contribution in [0.4, 0.5) is 10.6 Å². The maximum Gasteiger partial charge on any atom is 0.317 e. The molecule has 0 saturated carbocycles. The normalized spacial score (nSPS) is 16.8. The van der Waals surface area contributed by atoms with Gasteiger partial charge in [-0.05, 0) is 24.0 Å². The fraction of sp³-hybridized carbons (Fsp3) is 0.625. The van der Waals surface area contributed by atoms with Crippen molar-refractivity contribution in [2.45, 2.75) is 20.8 Å². The van der Waals surface area contributed by atoms with Crippen LogP contribution in [0.2, 0.25) is 5.02 Å². The summed E-state index contributed by atoms with van der Waals surface area (Å²) in [4.78, 5) is 20.6. The van der Waals surface area contributed by atoms with Crippen LogP contribution in [0.15, 0.2) is 18.3 Å². The zero-order valence-corrected chi connectivity index (χ0v) is 14.3. The summed E-state index contributed by atoms with van der Waals surface area (Å²) in [6.45, 7) is 10.3. The molecule has 122 valence electrons. The predicted molar refractivity (Wildman–Crippen MR) is 90.4 cm³/mol. The van der Waals surface area contributed by atoms with Gasteiger partial charge in [0.05, 0.1) is 5.02 Å². The van der Waals surface area contributed by atoms with Crippen molar-refractivity contribution in [3.63, 3.8) is 0 Å². The van der Waals surface area contributed by atoms with Gasteiger partial charge in [0, 0.05) is 38.9 Å². The molecule has 2 rings (SSSR count). The molecule has 1 saturated heterocycles. The summed E-state index contributed by atoms with van der Waals surface area (Å²) in [5.74, 6) is 1.98. The molecule has 1 aromatic heterocycles. The van der Waals surface area contributed by atoms with E-state index in [-0.39, 0.29) is 6.03 Å². The maximum absolute atomic E-state index is 12.2. The van der Waals surface area contributed by atoms with Gasteiger partial charge in [0.15, 0.2) is 0 Å². The number of nitrogens with one attached hydrogen (secondary N) is 1. The summed E-state index contributed by atoms with van der Waals surface area (Å²) >= 11 is 5.86. The Hall–Kier alpha value is -1.49. The van der Waals surface area contributed by atoms with E-state index in [0.29, 0.717) is 29.9 Å². The Bertz CT molecular complexity index is 483. The molecule has 22 heavy (non-hydrogen) atoms. The van der Waals surface area contributed by atoms with Crippen molar-refractivity contribution in [1.29, 1.82) is 0 Å². The average molecular weight is 325 g/mol. The zero-order valence-electron chi connectivity index (χ0n) is 13.6. The fourth-order valence-corrected chi connectivity index (χ4v) is 2.40. The van der Waals surface area contributed by atoms with Gasteiger partial charge in [-0.1, -0.05) is 32.4 Å². The quantitative estimate of drug-likeness (QED) is 0.926. The first-order chi connectivity index (χ1) is 10.5. The molecule has 1 aliphatic rings. The van der Waals surface area contributed by atoms with E-state index in [4.69, 9.17) is 11.6 Å². The van der Waals surface area contributed by atoms with Crippen LogP contribution in [0.3, 0.4) is 0 Å². The first-order valence-corrected chi connectivity index (χ1v) is 8.24. The first kappa shape index (κ1) is 16.9. The molecule has 6 heteroatoms. The van der Waals surface area contributed by atoms with Crippen LogP contribution < -0.4 is 10.2 Å². The van der Waals surface area contributed by atoms with Gasteiger partial charge in [-0.3, -0.25) is 0 Å². The number of halogens is 1. The number of amides is 2. The SMILES string of the molecule is CC(C)[C@@H](C)CNC(=O)N1CCN(c2ccc(Cl)cn2)CC1. The van der Waals surface area contributed by atoms with E-state index in [1.807, 2.05) is 17.0 Å². The van der Waals surface area contributed by atoms with Crippen LogP contribution in [-0.4, -0.2) is 48.6 Å². The number of anilines is 1. The molecule has 1 aromatic rings. The Morgan fingerprint density at radius 2 is 1.95 bits per heavy atom. The number of urea groups is 1. The van der Waals surface area contributed by atoms with Crippen LogP contribution in [0.25, 0.3) is 0 Å². The lowest BCUT2D eigenvalue weighted by molar-refractivity contribution is 0.191. The van der Waals surface area contributed by atoms with Gasteiger partial charge in [-0.2, -0.15) is 0 Å². The minimum absolute atomic E-state index is 0.0382. The van der Waals surface area contributed by atoms with Crippen molar-refractivity contribution in [2.75, 3.05) is 37.6 Å². The van der Waals surface area contributed by atoms with Crippen molar-refractivity contribution in [3.05, 3.63) is 23.4 Å². The minimum Gasteiger partial charge on any atom is -0.353 e. The van der Waals surface area contributed by atoms with Crippen LogP contribution in [-0.2, 0) is 0 Å². The first-order valence-electron chi connectivity index (χ1n) is 7.86. The Morgan fingerprint density at radius 3 is 2.50 bits per heavy atom. The highest BCUT2D eigenvalue weighted by atomic mass is 35.5. The van der Waals surface area contributed by atoms with E-state index in [2.05, 4.69) is 36.0 Å². The molecule has 0 aliphatic carbocycles. The van der Waals surface area contributed by atoms with Gasteiger partial charge in [-0.15, -0.1) is 0 Å². The third-order valence-electron chi connectivity index (χ3n) is 4.32. The lowest BCUT2D eigenvalue weighted by atomic mass is 9.98. The van der Waals surface area contributed by atoms with Crippen LogP contribution in [0, 0.1) is 11.8 Å². The monoisotopic (exact) mass is 324 g/mol. The van der Waals surface area contributed by atoms with Gasteiger partial charge in [0.1, 0.15) is 5.82 Å². The summed E-state index contributed by atoms with van der Waals surface area (Å²) < 4.78 is 0. The van der Waals surface area contributed by atoms with Crippen LogP contribution in [0.1, 0.15) is 20.8 Å². The smallest absolute Gasteiger partial charge is 0.317 e. The lowest BCUT2D eigenvalue weighted by Crippen LogP contribution is -2.52. The van der Waals surface area contributed by atoms with E-state index >= 15 is 0 Å². The minimum atomic E-state index is 0.0382. The molecule has 0 bridgehead atoms. The molecular weight excluding hydrogens is 300 g/mol. The molecule has 1 atom stereocenters. The molecule has 1 fully saturated rings. The van der Waals surface area contributed by atoms with Crippen molar-refractivity contribution in [2.24, 2.45) is 11.8 Å². The number of pyridine rings is 1. The topological polar surface area (TPSA) is 48.5 Å². The van der Waals surface area contributed by atoms with Crippen molar-refractivity contribution < 1.29 is 4.79 Å². The molecular formula is C16H25ClN4O. The molecule has 2 heterocycles. The molecule has 0 spiro atoms. The summed E-state index contributed by atoms with van der Waals surface area (Å²) in [5, 5.41) is 3.67. The zero-order chi connectivity index (χ0) is 16.1. The highest BCUT2D eigenvalue weighted by Gasteiger charge is 2.22. The summed E-state index contributed by atoms with van der Waals surface area (Å²) in [6, 6.07) is 3.80. The van der Waals surface area contributed by atoms with E-state index in [1.54, 1.807) is 6.20 Å². The number of hydrogen-bond donors (Lipinski definition) is 1. The summed E-state index contributed by atoms with van der Waals surface area (Å²) in [5.41, 5.74) is 0. The van der Waals surface area contributed by atoms with Crippen LogP contribution >= 0.6 is 11.6 Å². The molecule has 2 amide bonds. The average Bonchev–Trinajstić information content (AvgIpc) is 2.53. The molecule has 1 N–H and O–H groups in total. The number of rotatable bonds is 4. The molecule has 0 radical (unpaired) electrons. The molecule has 0 unspecified atom stereocenters. The van der Waals surface area contributed by atoms with E-state index in [0.717, 1.165) is 25.5 Å². The van der Waals surface area contributed by atoms with Gasteiger partial charge in [-0.25, -0.2) is 9.78 Å². The largest absolute Gasteiger partial charge is 0.353 e. The van der Waals surface area contributed by atoms with Crippen molar-refractivity contribution >= 4 is 23.4 Å². The molecule has 5 nitrogen and oxygen atoms in total. The third kappa shape index (κ3) is 4.50. The van der Waals surface area contributed by atoms with Gasteiger partial charge < -0.3 is 15.1 Å². The molecule has 0 aromatic carbocycles. The maximum atomic E-state index is 12.2. The number of aromatic nitrogens is 1. The lowest BCUT2D eigenvalue weighted by Gasteiger charge is -2.35.